The fourth-order valence-electron chi connectivity index (χ4n) is 4.53. The Bertz CT molecular complexity index is 1130. The number of aromatic hydroxyl groups is 1. The fourth-order valence-corrected chi connectivity index (χ4v) is 4.53. The topological polar surface area (TPSA) is 108 Å². The molecule has 1 aliphatic rings. The first-order valence-electron chi connectivity index (χ1n) is 13.0. The molecule has 0 aromatic heterocycles. The Hall–Kier alpha value is -3.99. The molecule has 1 fully saturated rings. The van der Waals surface area contributed by atoms with Crippen LogP contribution in [-0.4, -0.2) is 45.6 Å². The number of ether oxygens (including phenoxy) is 1. The second-order valence-corrected chi connectivity index (χ2v) is 10.6. The van der Waals surface area contributed by atoms with Crippen LogP contribution in [0.1, 0.15) is 70.0 Å². The van der Waals surface area contributed by atoms with E-state index in [0.717, 1.165) is 42.6 Å². The summed E-state index contributed by atoms with van der Waals surface area (Å²) in [6, 6.07) is 15.3. The predicted octanol–water partition coefficient (Wildman–Crippen LogP) is 4.44. The van der Waals surface area contributed by atoms with E-state index in [2.05, 4.69) is 16.7 Å². The van der Waals surface area contributed by atoms with Gasteiger partial charge in [0.1, 0.15) is 23.4 Å². The van der Waals surface area contributed by atoms with Gasteiger partial charge in [-0.05, 0) is 56.9 Å². The highest BCUT2D eigenvalue weighted by molar-refractivity contribution is 5.93. The van der Waals surface area contributed by atoms with Crippen molar-refractivity contribution < 1.29 is 24.2 Å². The largest absolute Gasteiger partial charge is 0.508 e. The Morgan fingerprint density at radius 3 is 2.26 bits per heavy atom. The number of hydrogen-bond acceptors (Lipinski definition) is 5. The molecule has 8 heteroatoms. The van der Waals surface area contributed by atoms with Crippen molar-refractivity contribution in [1.82, 2.24) is 15.5 Å². The third kappa shape index (κ3) is 8.27. The van der Waals surface area contributed by atoms with Crippen molar-refractivity contribution in [2.75, 3.05) is 0 Å². The van der Waals surface area contributed by atoms with Crippen LogP contribution in [0.4, 0.5) is 4.79 Å². The zero-order chi connectivity index (χ0) is 27.7. The van der Waals surface area contributed by atoms with Gasteiger partial charge in [-0.2, -0.15) is 0 Å². The molecule has 1 saturated carbocycles. The fraction of sp³-hybridized carbons (Fsp3) is 0.433. The summed E-state index contributed by atoms with van der Waals surface area (Å²) in [5.74, 6) is -1.02. The maximum Gasteiger partial charge on any atom is 0.408 e. The van der Waals surface area contributed by atoms with Crippen molar-refractivity contribution in [3.8, 4) is 18.2 Å². The minimum absolute atomic E-state index is 0.00871. The lowest BCUT2D eigenvalue weighted by molar-refractivity contribution is -0.139. The van der Waals surface area contributed by atoms with E-state index in [1.165, 1.54) is 12.1 Å². The van der Waals surface area contributed by atoms with Gasteiger partial charge in [0.05, 0.1) is 0 Å². The average Bonchev–Trinajstić information content (AvgIpc) is 2.87. The maximum atomic E-state index is 13.9. The van der Waals surface area contributed by atoms with Crippen LogP contribution in [0.2, 0.25) is 0 Å². The molecule has 0 bridgehead atoms. The van der Waals surface area contributed by atoms with Crippen molar-refractivity contribution in [2.45, 2.75) is 83.0 Å². The van der Waals surface area contributed by atoms with Crippen LogP contribution in [-0.2, 0) is 20.7 Å². The first-order chi connectivity index (χ1) is 18.1. The first kappa shape index (κ1) is 28.6. The predicted molar refractivity (Wildman–Crippen MR) is 145 cm³/mol. The van der Waals surface area contributed by atoms with E-state index in [1.807, 2.05) is 30.3 Å². The number of phenols is 1. The number of alkyl carbamates (subject to hydrolysis) is 1. The molecular weight excluding hydrogens is 482 g/mol. The summed E-state index contributed by atoms with van der Waals surface area (Å²) in [6.45, 7) is 5.18. The number of benzene rings is 2. The highest BCUT2D eigenvalue weighted by Gasteiger charge is 2.36. The van der Waals surface area contributed by atoms with Gasteiger partial charge >= 0.3 is 6.09 Å². The van der Waals surface area contributed by atoms with Gasteiger partial charge in [-0.3, -0.25) is 14.5 Å². The molecule has 3 rings (SSSR count). The smallest absolute Gasteiger partial charge is 0.408 e. The minimum atomic E-state index is -1.16. The van der Waals surface area contributed by atoms with Gasteiger partial charge < -0.3 is 20.5 Å². The lowest BCUT2D eigenvalue weighted by atomic mass is 9.94. The van der Waals surface area contributed by atoms with E-state index in [0.29, 0.717) is 5.56 Å². The summed E-state index contributed by atoms with van der Waals surface area (Å²) in [4.78, 5) is 41.3. The summed E-state index contributed by atoms with van der Waals surface area (Å²) in [5, 5.41) is 15.5. The number of rotatable bonds is 8. The van der Waals surface area contributed by atoms with Crippen molar-refractivity contribution in [2.24, 2.45) is 0 Å². The normalized spacial score (nSPS) is 15.4. The maximum absolute atomic E-state index is 13.9. The molecule has 2 unspecified atom stereocenters. The molecule has 0 aliphatic heterocycles. The number of nitrogens with one attached hydrogen (secondary N) is 2. The van der Waals surface area contributed by atoms with Crippen LogP contribution in [0.15, 0.2) is 54.6 Å². The average molecular weight is 520 g/mol. The van der Waals surface area contributed by atoms with Gasteiger partial charge in [0.2, 0.25) is 5.91 Å². The van der Waals surface area contributed by atoms with Gasteiger partial charge in [-0.1, -0.05) is 68.2 Å². The van der Waals surface area contributed by atoms with E-state index in [-0.39, 0.29) is 18.2 Å². The molecule has 3 amide bonds. The van der Waals surface area contributed by atoms with E-state index in [9.17, 15) is 19.5 Å². The zero-order valence-corrected chi connectivity index (χ0v) is 22.3. The molecule has 2 aromatic carbocycles. The third-order valence-electron chi connectivity index (χ3n) is 6.32. The molecule has 202 valence electrons. The summed E-state index contributed by atoms with van der Waals surface area (Å²) >= 11 is 0. The Morgan fingerprint density at radius 1 is 1.05 bits per heavy atom. The number of nitrogens with zero attached hydrogens (tertiary/aromatic N) is 1. The van der Waals surface area contributed by atoms with Crippen molar-refractivity contribution in [1.29, 1.82) is 0 Å². The minimum Gasteiger partial charge on any atom is -0.508 e. The molecule has 2 atom stereocenters. The summed E-state index contributed by atoms with van der Waals surface area (Å²) in [6.07, 6.45) is 10.1. The number of carbonyl (C=O) groups is 3. The summed E-state index contributed by atoms with van der Waals surface area (Å²) in [5.41, 5.74) is 0.467. The molecule has 38 heavy (non-hydrogen) atoms. The van der Waals surface area contributed by atoms with Crippen LogP contribution >= 0.6 is 0 Å². The molecule has 0 radical (unpaired) electrons. The number of phenolic OH excluding ortho intramolecular Hbond substituents is 1. The van der Waals surface area contributed by atoms with E-state index in [4.69, 9.17) is 11.2 Å². The summed E-state index contributed by atoms with van der Waals surface area (Å²) in [7, 11) is 0. The van der Waals surface area contributed by atoms with Crippen LogP contribution < -0.4 is 10.6 Å². The highest BCUT2D eigenvalue weighted by atomic mass is 16.6. The van der Waals surface area contributed by atoms with Gasteiger partial charge in [0, 0.05) is 18.5 Å². The Balaban J connectivity index is 1.94. The number of terminal acetylenes is 1. The molecule has 8 nitrogen and oxygen atoms in total. The monoisotopic (exact) mass is 519 g/mol. The van der Waals surface area contributed by atoms with Crippen molar-refractivity contribution in [3.63, 3.8) is 0 Å². The second-order valence-electron chi connectivity index (χ2n) is 10.6. The highest BCUT2D eigenvalue weighted by Crippen LogP contribution is 2.26. The first-order valence-corrected chi connectivity index (χ1v) is 13.0. The third-order valence-corrected chi connectivity index (χ3v) is 6.32. The van der Waals surface area contributed by atoms with Crippen LogP contribution in [0, 0.1) is 12.5 Å². The van der Waals surface area contributed by atoms with E-state index in [1.54, 1.807) is 32.9 Å². The second kappa shape index (κ2) is 13.0. The standard InChI is InChI=1S/C30H37N3O5/c1-5-33(26(22-16-18-24(34)19-17-22)27(35)31-23-14-10-7-11-15-23)28(36)25(20-21-12-8-6-9-13-21)32-29(37)38-30(2,3)4/h1,6,8-9,12-13,16-19,23,25-26,34H,7,10-11,14-15,20H2,2-4H3,(H,31,35)(H,32,37). The zero-order valence-electron chi connectivity index (χ0n) is 22.3. The Kier molecular flexibility index (Phi) is 9.78. The lowest BCUT2D eigenvalue weighted by Gasteiger charge is -2.32. The van der Waals surface area contributed by atoms with Gasteiger partial charge in [-0.25, -0.2) is 4.79 Å². The van der Waals surface area contributed by atoms with Crippen LogP contribution in [0.5, 0.6) is 5.75 Å². The van der Waals surface area contributed by atoms with Gasteiger partial charge in [0.15, 0.2) is 0 Å². The van der Waals surface area contributed by atoms with E-state index < -0.39 is 35.6 Å². The number of hydrogen-bond donors (Lipinski definition) is 3. The molecule has 0 spiro atoms. The molecule has 1 aliphatic carbocycles. The number of carbonyl (C=O) groups excluding carboxylic acids is 3. The van der Waals surface area contributed by atoms with Crippen LogP contribution in [0.3, 0.4) is 0 Å². The molecule has 0 saturated heterocycles. The molecule has 3 N–H and O–H groups in total. The number of amides is 3. The van der Waals surface area contributed by atoms with Crippen LogP contribution in [0.25, 0.3) is 0 Å². The van der Waals surface area contributed by atoms with Gasteiger partial charge in [0.25, 0.3) is 5.91 Å². The Morgan fingerprint density at radius 2 is 1.68 bits per heavy atom. The van der Waals surface area contributed by atoms with Crippen molar-refractivity contribution in [3.05, 3.63) is 65.7 Å². The van der Waals surface area contributed by atoms with Crippen molar-refractivity contribution >= 4 is 17.9 Å². The molecule has 2 aromatic rings. The lowest BCUT2D eigenvalue weighted by Crippen LogP contribution is -2.53. The SMILES string of the molecule is C#CN(C(=O)C(Cc1ccccc1)NC(=O)OC(C)(C)C)C(C(=O)NC1CCCCC1)c1ccc(O)cc1. The molecular formula is C30H37N3O5. The van der Waals surface area contributed by atoms with E-state index >= 15 is 0 Å². The quantitative estimate of drug-likeness (QED) is 0.353. The Labute approximate surface area is 224 Å². The van der Waals surface area contributed by atoms with Gasteiger partial charge in [-0.15, -0.1) is 0 Å². The molecule has 0 heterocycles. The summed E-state index contributed by atoms with van der Waals surface area (Å²) < 4.78 is 5.40.